The number of para-hydroxylation sites is 2. The van der Waals surface area contributed by atoms with Crippen LogP contribution in [-0.2, 0) is 0 Å². The molecule has 0 aromatic heterocycles. The molecule has 1 N–H and O–H groups in total. The number of fused-ring (bicyclic) bond motifs is 1. The van der Waals surface area contributed by atoms with Crippen molar-refractivity contribution in [3.8, 4) is 0 Å². The van der Waals surface area contributed by atoms with E-state index in [4.69, 9.17) is 11.6 Å². The number of carbonyl (C=O) groups excluding carboxylic acids is 1. The second kappa shape index (κ2) is 6.26. The molecule has 0 aliphatic carbocycles. The van der Waals surface area contributed by atoms with Crippen LogP contribution in [0.25, 0.3) is 0 Å². The highest BCUT2D eigenvalue weighted by Gasteiger charge is 2.38. The molecular formula is C21H17ClN2O. The molecule has 1 amide bonds. The zero-order valence-electron chi connectivity index (χ0n) is 13.7. The van der Waals surface area contributed by atoms with Crippen LogP contribution in [0.3, 0.4) is 0 Å². The lowest BCUT2D eigenvalue weighted by molar-refractivity contribution is 0.0993. The van der Waals surface area contributed by atoms with Crippen molar-refractivity contribution in [2.45, 2.75) is 13.1 Å². The average Bonchev–Trinajstić information content (AvgIpc) is 2.90. The molecule has 1 aliphatic heterocycles. The fraction of sp³-hybridized carbons (Fsp3) is 0.0952. The molecule has 4 rings (SSSR count). The number of hydrogen-bond donors (Lipinski definition) is 1. The van der Waals surface area contributed by atoms with E-state index in [1.807, 2.05) is 84.6 Å². The molecule has 4 heteroatoms. The van der Waals surface area contributed by atoms with Gasteiger partial charge in [0.05, 0.1) is 10.7 Å². The predicted molar refractivity (Wildman–Crippen MR) is 102 cm³/mol. The van der Waals surface area contributed by atoms with E-state index in [9.17, 15) is 4.79 Å². The molecule has 124 valence electrons. The molecule has 0 bridgehead atoms. The largest absolute Gasteiger partial charge is 0.360 e. The summed E-state index contributed by atoms with van der Waals surface area (Å²) in [7, 11) is 0. The van der Waals surface area contributed by atoms with Gasteiger partial charge in [-0.2, -0.15) is 0 Å². The molecule has 1 aliphatic rings. The Labute approximate surface area is 151 Å². The smallest absolute Gasteiger partial charge is 0.260 e. The summed E-state index contributed by atoms with van der Waals surface area (Å²) in [5.74, 6) is -0.00514. The topological polar surface area (TPSA) is 32.3 Å². The Balaban J connectivity index is 1.84. The van der Waals surface area contributed by atoms with Crippen molar-refractivity contribution in [2.24, 2.45) is 0 Å². The summed E-state index contributed by atoms with van der Waals surface area (Å²) in [4.78, 5) is 14.9. The molecule has 0 spiro atoms. The highest BCUT2D eigenvalue weighted by atomic mass is 35.5. The first-order valence-corrected chi connectivity index (χ1v) is 8.54. The zero-order valence-corrected chi connectivity index (χ0v) is 14.5. The van der Waals surface area contributed by atoms with E-state index >= 15 is 0 Å². The molecule has 0 unspecified atom stereocenters. The van der Waals surface area contributed by atoms with Crippen molar-refractivity contribution in [3.05, 3.63) is 94.5 Å². The van der Waals surface area contributed by atoms with Crippen LogP contribution in [0.1, 0.15) is 27.7 Å². The van der Waals surface area contributed by atoms with Crippen LogP contribution in [0.5, 0.6) is 0 Å². The van der Waals surface area contributed by atoms with Crippen molar-refractivity contribution in [3.63, 3.8) is 0 Å². The van der Waals surface area contributed by atoms with Gasteiger partial charge in [-0.1, -0.05) is 60.1 Å². The molecule has 3 aromatic rings. The lowest BCUT2D eigenvalue weighted by Gasteiger charge is -2.28. The van der Waals surface area contributed by atoms with Crippen LogP contribution < -0.4 is 10.2 Å². The third kappa shape index (κ3) is 2.67. The Morgan fingerprint density at radius 2 is 1.60 bits per heavy atom. The van der Waals surface area contributed by atoms with Crippen LogP contribution in [0.2, 0.25) is 5.02 Å². The SMILES string of the molecule is Cc1ccccc1N1C(=O)c2ccccc2[C@H]1Nc1ccccc1Cl. The molecule has 25 heavy (non-hydrogen) atoms. The monoisotopic (exact) mass is 348 g/mol. The minimum atomic E-state index is -0.301. The van der Waals surface area contributed by atoms with Gasteiger partial charge in [0, 0.05) is 16.8 Å². The van der Waals surface area contributed by atoms with E-state index in [0.29, 0.717) is 5.02 Å². The summed E-state index contributed by atoms with van der Waals surface area (Å²) in [6.07, 6.45) is -0.301. The van der Waals surface area contributed by atoms with Gasteiger partial charge in [-0.05, 0) is 36.8 Å². The average molecular weight is 349 g/mol. The number of carbonyl (C=O) groups is 1. The van der Waals surface area contributed by atoms with Crippen molar-refractivity contribution in [2.75, 3.05) is 10.2 Å². The second-order valence-electron chi connectivity index (χ2n) is 6.08. The highest BCUT2D eigenvalue weighted by molar-refractivity contribution is 6.33. The van der Waals surface area contributed by atoms with Crippen LogP contribution in [0.15, 0.2) is 72.8 Å². The fourth-order valence-electron chi connectivity index (χ4n) is 3.27. The summed E-state index contributed by atoms with van der Waals surface area (Å²) < 4.78 is 0. The molecule has 3 aromatic carbocycles. The molecule has 0 fully saturated rings. The maximum Gasteiger partial charge on any atom is 0.260 e. The quantitative estimate of drug-likeness (QED) is 0.685. The van der Waals surface area contributed by atoms with Gasteiger partial charge in [-0.3, -0.25) is 9.69 Å². The number of benzene rings is 3. The lowest BCUT2D eigenvalue weighted by Crippen LogP contribution is -2.32. The minimum absolute atomic E-state index is 0.00514. The van der Waals surface area contributed by atoms with Crippen LogP contribution in [0, 0.1) is 6.92 Å². The first-order chi connectivity index (χ1) is 12.2. The Morgan fingerprint density at radius 3 is 2.40 bits per heavy atom. The number of nitrogens with zero attached hydrogens (tertiary/aromatic N) is 1. The van der Waals surface area contributed by atoms with Crippen molar-refractivity contribution < 1.29 is 4.79 Å². The van der Waals surface area contributed by atoms with Gasteiger partial charge in [0.2, 0.25) is 0 Å². The van der Waals surface area contributed by atoms with Crippen LogP contribution >= 0.6 is 11.6 Å². The molecule has 0 radical (unpaired) electrons. The Morgan fingerprint density at radius 1 is 0.920 bits per heavy atom. The third-order valence-corrected chi connectivity index (χ3v) is 4.83. The van der Waals surface area contributed by atoms with Gasteiger partial charge in [0.15, 0.2) is 0 Å². The van der Waals surface area contributed by atoms with E-state index in [1.54, 1.807) is 0 Å². The number of anilines is 2. The number of amides is 1. The summed E-state index contributed by atoms with van der Waals surface area (Å²) in [5.41, 5.74) is 4.42. The van der Waals surface area contributed by atoms with Crippen LogP contribution in [0.4, 0.5) is 11.4 Å². The van der Waals surface area contributed by atoms with Gasteiger partial charge < -0.3 is 5.32 Å². The first-order valence-electron chi connectivity index (χ1n) is 8.16. The normalized spacial score (nSPS) is 16.0. The molecule has 0 saturated carbocycles. The summed E-state index contributed by atoms with van der Waals surface area (Å²) in [5, 5.41) is 4.07. The molecule has 1 atom stereocenters. The van der Waals surface area contributed by atoms with Crippen molar-refractivity contribution in [1.82, 2.24) is 0 Å². The second-order valence-corrected chi connectivity index (χ2v) is 6.48. The standard InChI is InChI=1S/C21H17ClN2O/c1-14-8-2-7-13-19(14)24-20(23-18-12-6-5-11-17(18)22)15-9-3-4-10-16(15)21(24)25/h2-13,20,23H,1H3/t20-/m0/s1. The fourth-order valence-corrected chi connectivity index (χ4v) is 3.46. The molecular weight excluding hydrogens is 332 g/mol. The molecule has 3 nitrogen and oxygen atoms in total. The third-order valence-electron chi connectivity index (χ3n) is 4.50. The van der Waals surface area contributed by atoms with Gasteiger partial charge in [0.1, 0.15) is 6.17 Å². The van der Waals surface area contributed by atoms with Gasteiger partial charge in [0.25, 0.3) is 5.91 Å². The number of hydrogen-bond acceptors (Lipinski definition) is 2. The van der Waals surface area contributed by atoms with E-state index < -0.39 is 0 Å². The maximum absolute atomic E-state index is 13.1. The Bertz CT molecular complexity index is 954. The van der Waals surface area contributed by atoms with Gasteiger partial charge >= 0.3 is 0 Å². The highest BCUT2D eigenvalue weighted by Crippen LogP contribution is 2.40. The van der Waals surface area contributed by atoms with E-state index in [1.165, 1.54) is 0 Å². The van der Waals surface area contributed by atoms with Gasteiger partial charge in [-0.15, -0.1) is 0 Å². The number of nitrogens with one attached hydrogen (secondary N) is 1. The van der Waals surface area contributed by atoms with Crippen LogP contribution in [-0.4, -0.2) is 5.91 Å². The first kappa shape index (κ1) is 15.7. The predicted octanol–water partition coefficient (Wildman–Crippen LogP) is 5.42. The van der Waals surface area contributed by atoms with E-state index in [2.05, 4.69) is 5.32 Å². The molecule has 0 saturated heterocycles. The van der Waals surface area contributed by atoms with Crippen molar-refractivity contribution in [1.29, 1.82) is 0 Å². The zero-order chi connectivity index (χ0) is 17.4. The van der Waals surface area contributed by atoms with Crippen molar-refractivity contribution >= 4 is 28.9 Å². The van der Waals surface area contributed by atoms with E-state index in [-0.39, 0.29) is 12.1 Å². The lowest BCUT2D eigenvalue weighted by atomic mass is 10.1. The Kier molecular flexibility index (Phi) is 3.94. The summed E-state index contributed by atoms with van der Waals surface area (Å²) >= 11 is 6.33. The minimum Gasteiger partial charge on any atom is -0.360 e. The number of halogens is 1. The summed E-state index contributed by atoms with van der Waals surface area (Å²) in [6.45, 7) is 2.01. The summed E-state index contributed by atoms with van der Waals surface area (Å²) in [6, 6.07) is 23.2. The number of rotatable bonds is 3. The Hall–Kier alpha value is -2.78. The molecule has 1 heterocycles. The number of aryl methyl sites for hydroxylation is 1. The maximum atomic E-state index is 13.1. The van der Waals surface area contributed by atoms with E-state index in [0.717, 1.165) is 28.1 Å². The van der Waals surface area contributed by atoms with Gasteiger partial charge in [-0.25, -0.2) is 0 Å².